The fourth-order valence-electron chi connectivity index (χ4n) is 2.72. The van der Waals surface area contributed by atoms with Crippen LogP contribution >= 0.6 is 0 Å². The van der Waals surface area contributed by atoms with Gasteiger partial charge < -0.3 is 10.2 Å². The van der Waals surface area contributed by atoms with Crippen molar-refractivity contribution in [2.45, 2.75) is 58.4 Å². The summed E-state index contributed by atoms with van der Waals surface area (Å²) in [7, 11) is 2.29. The Bertz CT molecular complexity index is 164. The molecule has 0 aromatic heterocycles. The minimum absolute atomic E-state index is 0.758. The van der Waals surface area contributed by atoms with E-state index in [4.69, 9.17) is 0 Å². The van der Waals surface area contributed by atoms with Gasteiger partial charge in [-0.25, -0.2) is 0 Å². The van der Waals surface area contributed by atoms with Crippen molar-refractivity contribution in [1.82, 2.24) is 10.2 Å². The Morgan fingerprint density at radius 2 is 2.19 bits per heavy atom. The lowest BCUT2D eigenvalue weighted by Crippen LogP contribution is -2.37. The molecule has 0 aromatic carbocycles. The van der Waals surface area contributed by atoms with Crippen molar-refractivity contribution in [2.75, 3.05) is 26.7 Å². The number of likely N-dealkylation sites (N-methyl/N-ethyl adjacent to an activating group) is 1. The van der Waals surface area contributed by atoms with Crippen LogP contribution in [0.25, 0.3) is 0 Å². The average molecular weight is 226 g/mol. The third kappa shape index (κ3) is 5.31. The molecule has 1 heterocycles. The normalized spacial score (nSPS) is 22.9. The molecule has 0 saturated carbocycles. The lowest BCUT2D eigenvalue weighted by Gasteiger charge is -2.25. The molecule has 1 aliphatic heterocycles. The molecule has 2 atom stereocenters. The van der Waals surface area contributed by atoms with E-state index < -0.39 is 0 Å². The zero-order valence-electron chi connectivity index (χ0n) is 11.5. The number of nitrogens with one attached hydrogen (secondary N) is 1. The van der Waals surface area contributed by atoms with Gasteiger partial charge in [-0.05, 0) is 38.8 Å². The summed E-state index contributed by atoms with van der Waals surface area (Å²) in [5.41, 5.74) is 0. The molecule has 1 saturated heterocycles. The molecule has 1 N–H and O–H groups in total. The van der Waals surface area contributed by atoms with E-state index >= 15 is 0 Å². The molecule has 1 aliphatic rings. The van der Waals surface area contributed by atoms with Gasteiger partial charge in [0.1, 0.15) is 0 Å². The quantitative estimate of drug-likeness (QED) is 0.684. The van der Waals surface area contributed by atoms with Gasteiger partial charge in [-0.1, -0.05) is 33.1 Å². The van der Waals surface area contributed by atoms with Crippen molar-refractivity contribution in [3.63, 3.8) is 0 Å². The highest BCUT2D eigenvalue weighted by Crippen LogP contribution is 2.14. The highest BCUT2D eigenvalue weighted by molar-refractivity contribution is 4.77. The van der Waals surface area contributed by atoms with E-state index in [1.807, 2.05) is 0 Å². The van der Waals surface area contributed by atoms with Crippen LogP contribution in [-0.4, -0.2) is 37.6 Å². The molecule has 0 aliphatic carbocycles. The lowest BCUT2D eigenvalue weighted by molar-refractivity contribution is 0.241. The first-order chi connectivity index (χ1) is 7.76. The van der Waals surface area contributed by atoms with Gasteiger partial charge in [-0.2, -0.15) is 0 Å². The first kappa shape index (κ1) is 14.0. The van der Waals surface area contributed by atoms with Gasteiger partial charge in [0.25, 0.3) is 0 Å². The summed E-state index contributed by atoms with van der Waals surface area (Å²) < 4.78 is 0. The summed E-state index contributed by atoms with van der Waals surface area (Å²) in [6.07, 6.45) is 8.22. The van der Waals surface area contributed by atoms with E-state index in [1.165, 1.54) is 58.2 Å². The molecule has 2 nitrogen and oxygen atoms in total. The molecular weight excluding hydrogens is 196 g/mol. The average Bonchev–Trinajstić information content (AvgIpc) is 2.76. The molecular formula is C14H30N2. The Balaban J connectivity index is 2.16. The lowest BCUT2D eigenvalue weighted by atomic mass is 9.98. The summed E-state index contributed by atoms with van der Waals surface area (Å²) in [6, 6.07) is 0.758. The van der Waals surface area contributed by atoms with Gasteiger partial charge in [-0.3, -0.25) is 0 Å². The van der Waals surface area contributed by atoms with Crippen LogP contribution in [0.3, 0.4) is 0 Å². The van der Waals surface area contributed by atoms with Crippen molar-refractivity contribution >= 4 is 0 Å². The van der Waals surface area contributed by atoms with Crippen molar-refractivity contribution in [3.05, 3.63) is 0 Å². The number of unbranched alkanes of at least 4 members (excludes halogenated alkanes) is 1. The van der Waals surface area contributed by atoms with Crippen molar-refractivity contribution in [1.29, 1.82) is 0 Å². The van der Waals surface area contributed by atoms with Gasteiger partial charge in [0, 0.05) is 19.1 Å². The maximum atomic E-state index is 3.58. The molecule has 0 spiro atoms. The second kappa shape index (κ2) is 8.08. The minimum atomic E-state index is 0.758. The van der Waals surface area contributed by atoms with Crippen molar-refractivity contribution in [2.24, 2.45) is 5.92 Å². The van der Waals surface area contributed by atoms with Crippen LogP contribution in [0.2, 0.25) is 0 Å². The highest BCUT2D eigenvalue weighted by Gasteiger charge is 2.17. The molecule has 2 heteroatoms. The first-order valence-corrected chi connectivity index (χ1v) is 7.18. The SMILES string of the molecule is CCCCC(CC)CN(C)CC1CCCN1. The van der Waals surface area contributed by atoms with Gasteiger partial charge in [0.05, 0.1) is 0 Å². The largest absolute Gasteiger partial charge is 0.313 e. The molecule has 2 unspecified atom stereocenters. The summed E-state index contributed by atoms with van der Waals surface area (Å²) in [4.78, 5) is 2.53. The summed E-state index contributed by atoms with van der Waals surface area (Å²) >= 11 is 0. The van der Waals surface area contributed by atoms with Crippen LogP contribution < -0.4 is 5.32 Å². The predicted octanol–water partition coefficient (Wildman–Crippen LogP) is 2.89. The van der Waals surface area contributed by atoms with Gasteiger partial charge in [0.2, 0.25) is 0 Å². The number of hydrogen-bond acceptors (Lipinski definition) is 2. The van der Waals surface area contributed by atoms with Gasteiger partial charge in [0.15, 0.2) is 0 Å². The predicted molar refractivity (Wildman–Crippen MR) is 71.8 cm³/mol. The smallest absolute Gasteiger partial charge is 0.0195 e. The van der Waals surface area contributed by atoms with Crippen molar-refractivity contribution in [3.8, 4) is 0 Å². The monoisotopic (exact) mass is 226 g/mol. The van der Waals surface area contributed by atoms with Crippen molar-refractivity contribution < 1.29 is 0 Å². The number of nitrogens with zero attached hydrogens (tertiary/aromatic N) is 1. The number of rotatable bonds is 8. The third-order valence-corrected chi connectivity index (χ3v) is 3.81. The topological polar surface area (TPSA) is 15.3 Å². The standard InChI is InChI=1S/C14H30N2/c1-4-6-8-13(5-2)11-16(3)12-14-9-7-10-15-14/h13-15H,4-12H2,1-3H3. The molecule has 0 aromatic rings. The zero-order valence-corrected chi connectivity index (χ0v) is 11.5. The van der Waals surface area contributed by atoms with Gasteiger partial charge >= 0.3 is 0 Å². The summed E-state index contributed by atoms with van der Waals surface area (Å²) in [6.45, 7) is 8.38. The minimum Gasteiger partial charge on any atom is -0.313 e. The third-order valence-electron chi connectivity index (χ3n) is 3.81. The Hall–Kier alpha value is -0.0800. The summed E-state index contributed by atoms with van der Waals surface area (Å²) in [5, 5.41) is 3.58. The van der Waals surface area contributed by atoms with Crippen LogP contribution in [0.5, 0.6) is 0 Å². The molecule has 96 valence electrons. The molecule has 0 bridgehead atoms. The van der Waals surface area contributed by atoms with Gasteiger partial charge in [-0.15, -0.1) is 0 Å². The highest BCUT2D eigenvalue weighted by atomic mass is 15.1. The fourth-order valence-corrected chi connectivity index (χ4v) is 2.72. The second-order valence-corrected chi connectivity index (χ2v) is 5.43. The Morgan fingerprint density at radius 1 is 1.38 bits per heavy atom. The molecule has 1 fully saturated rings. The molecule has 0 radical (unpaired) electrons. The molecule has 0 amide bonds. The maximum Gasteiger partial charge on any atom is 0.0195 e. The summed E-state index contributed by atoms with van der Waals surface area (Å²) in [5.74, 6) is 0.909. The maximum absolute atomic E-state index is 3.58. The zero-order chi connectivity index (χ0) is 11.8. The van der Waals surface area contributed by atoms with Crippen LogP contribution in [0, 0.1) is 5.92 Å². The van der Waals surface area contributed by atoms with Crippen LogP contribution in [0.4, 0.5) is 0 Å². The molecule has 1 rings (SSSR count). The van der Waals surface area contributed by atoms with E-state index in [0.29, 0.717) is 0 Å². The van der Waals surface area contributed by atoms with Crippen LogP contribution in [-0.2, 0) is 0 Å². The van der Waals surface area contributed by atoms with E-state index in [0.717, 1.165) is 12.0 Å². The first-order valence-electron chi connectivity index (χ1n) is 7.18. The van der Waals surface area contributed by atoms with E-state index in [-0.39, 0.29) is 0 Å². The van der Waals surface area contributed by atoms with E-state index in [1.54, 1.807) is 0 Å². The Labute approximate surface area is 102 Å². The molecule has 16 heavy (non-hydrogen) atoms. The van der Waals surface area contributed by atoms with E-state index in [9.17, 15) is 0 Å². The fraction of sp³-hybridized carbons (Fsp3) is 1.00. The van der Waals surface area contributed by atoms with Crippen LogP contribution in [0.15, 0.2) is 0 Å². The Kier molecular flexibility index (Phi) is 7.06. The second-order valence-electron chi connectivity index (χ2n) is 5.43. The number of hydrogen-bond donors (Lipinski definition) is 1. The Morgan fingerprint density at radius 3 is 2.75 bits per heavy atom. The van der Waals surface area contributed by atoms with Crippen LogP contribution in [0.1, 0.15) is 52.4 Å². The van der Waals surface area contributed by atoms with E-state index in [2.05, 4.69) is 31.1 Å².